The highest BCUT2D eigenvalue weighted by Gasteiger charge is 2.35. The molecule has 126 valence electrons. The summed E-state index contributed by atoms with van der Waals surface area (Å²) in [5.41, 5.74) is 6.83. The highest BCUT2D eigenvalue weighted by Crippen LogP contribution is 2.42. The first-order chi connectivity index (χ1) is 12.1. The summed E-state index contributed by atoms with van der Waals surface area (Å²) in [6, 6.07) is 12.6. The molecule has 0 amide bonds. The molecule has 4 aromatic rings. The smallest absolute Gasteiger partial charge is 0.159 e. The molecule has 1 aliphatic heterocycles. The molecule has 0 atom stereocenters. The topological polar surface area (TPSA) is 60.6 Å². The molecule has 0 saturated heterocycles. The third kappa shape index (κ3) is 2.02. The molecule has 0 bridgehead atoms. The summed E-state index contributed by atoms with van der Waals surface area (Å²) in [6.07, 6.45) is 0. The van der Waals surface area contributed by atoms with Gasteiger partial charge in [0.25, 0.3) is 0 Å². The number of benzene rings is 2. The number of hydrogen-bond donors (Lipinski definition) is 2. The molecule has 0 unspecified atom stereocenters. The van der Waals surface area contributed by atoms with Gasteiger partial charge in [-0.1, -0.05) is 32.0 Å². The lowest BCUT2D eigenvalue weighted by molar-refractivity contribution is 0.555. The van der Waals surface area contributed by atoms with E-state index in [1.165, 1.54) is 11.3 Å². The number of rotatable bonds is 2. The Bertz CT molecular complexity index is 1100. The fourth-order valence-electron chi connectivity index (χ4n) is 4.04. The summed E-state index contributed by atoms with van der Waals surface area (Å²) in [5.74, 6) is 0.817. The lowest BCUT2D eigenvalue weighted by Gasteiger charge is -2.20. The van der Waals surface area contributed by atoms with Crippen LogP contribution < -0.4 is 4.90 Å². The number of hydrogen-bond acceptors (Lipinski definition) is 3. The van der Waals surface area contributed by atoms with Crippen molar-refractivity contribution in [1.82, 2.24) is 20.2 Å². The average molecular weight is 331 g/mol. The zero-order valence-corrected chi connectivity index (χ0v) is 14.7. The molecule has 5 nitrogen and oxygen atoms in total. The van der Waals surface area contributed by atoms with Crippen LogP contribution in [0, 0.1) is 0 Å². The second kappa shape index (κ2) is 4.85. The monoisotopic (exact) mass is 331 g/mol. The zero-order chi connectivity index (χ0) is 17.2. The van der Waals surface area contributed by atoms with Crippen molar-refractivity contribution in [3.05, 3.63) is 42.0 Å². The normalized spacial score (nSPS) is 16.0. The number of likely N-dealkylation sites (N-methyl/N-ethyl adjacent to an activating group) is 1. The van der Waals surface area contributed by atoms with Gasteiger partial charge in [0, 0.05) is 29.6 Å². The fourth-order valence-corrected chi connectivity index (χ4v) is 4.04. The molecular formula is C20H21N5. The molecule has 5 heteroatoms. The molecular weight excluding hydrogens is 310 g/mol. The van der Waals surface area contributed by atoms with Crippen molar-refractivity contribution in [2.24, 2.45) is 0 Å². The van der Waals surface area contributed by atoms with Gasteiger partial charge in [0.1, 0.15) is 5.69 Å². The predicted molar refractivity (Wildman–Crippen MR) is 102 cm³/mol. The second-order valence-corrected chi connectivity index (χ2v) is 7.49. The summed E-state index contributed by atoms with van der Waals surface area (Å²) in [5, 5.41) is 8.65. The first-order valence-corrected chi connectivity index (χ1v) is 8.79. The summed E-state index contributed by atoms with van der Waals surface area (Å²) >= 11 is 0. The van der Waals surface area contributed by atoms with E-state index in [1.54, 1.807) is 0 Å². The van der Waals surface area contributed by atoms with Crippen LogP contribution in [0.3, 0.4) is 0 Å². The van der Waals surface area contributed by atoms with E-state index in [2.05, 4.69) is 59.1 Å². The van der Waals surface area contributed by atoms with Gasteiger partial charge in [0.2, 0.25) is 0 Å². The Morgan fingerprint density at radius 2 is 2.00 bits per heavy atom. The first kappa shape index (κ1) is 14.5. The minimum Gasteiger partial charge on any atom is -0.371 e. The van der Waals surface area contributed by atoms with Crippen LogP contribution in [0.25, 0.3) is 33.5 Å². The van der Waals surface area contributed by atoms with E-state index >= 15 is 0 Å². The van der Waals surface area contributed by atoms with Crippen LogP contribution in [0.5, 0.6) is 0 Å². The van der Waals surface area contributed by atoms with E-state index in [9.17, 15) is 0 Å². The Morgan fingerprint density at radius 3 is 2.84 bits per heavy atom. The van der Waals surface area contributed by atoms with E-state index in [0.717, 1.165) is 46.5 Å². The Kier molecular flexibility index (Phi) is 2.82. The van der Waals surface area contributed by atoms with Crippen LogP contribution in [0.2, 0.25) is 0 Å². The standard InChI is InChI=1S/C20H21N5/c1-4-25-11-20(2,3)13-9-15-16(10-17(13)25)22-19(21-15)18-12-7-5-6-8-14(12)23-24-18/h5-10H,4,11H2,1-3H3,(H,21,22)(H,23,24). The molecule has 0 saturated carbocycles. The first-order valence-electron chi connectivity index (χ1n) is 8.79. The molecule has 5 rings (SSSR count). The van der Waals surface area contributed by atoms with Crippen molar-refractivity contribution in [2.45, 2.75) is 26.2 Å². The molecule has 0 spiro atoms. The molecule has 0 aliphatic carbocycles. The highest BCUT2D eigenvalue weighted by atomic mass is 15.2. The minimum absolute atomic E-state index is 0.157. The average Bonchev–Trinajstić information content (AvgIpc) is 3.27. The third-order valence-electron chi connectivity index (χ3n) is 5.33. The van der Waals surface area contributed by atoms with Gasteiger partial charge in [-0.25, -0.2) is 4.98 Å². The maximum atomic E-state index is 4.83. The van der Waals surface area contributed by atoms with Gasteiger partial charge in [-0.15, -0.1) is 0 Å². The number of para-hydroxylation sites is 1. The maximum absolute atomic E-state index is 4.83. The van der Waals surface area contributed by atoms with Crippen LogP contribution in [-0.2, 0) is 5.41 Å². The van der Waals surface area contributed by atoms with Crippen molar-refractivity contribution in [1.29, 1.82) is 0 Å². The molecule has 2 aromatic heterocycles. The molecule has 25 heavy (non-hydrogen) atoms. The molecule has 1 aliphatic rings. The molecule has 2 N–H and O–H groups in total. The second-order valence-electron chi connectivity index (χ2n) is 7.49. The SMILES string of the molecule is CCN1CC(C)(C)c2cc3[nH]c(-c4n[nH]c5ccccc45)nc3cc21. The van der Waals surface area contributed by atoms with Gasteiger partial charge in [0.15, 0.2) is 5.82 Å². The van der Waals surface area contributed by atoms with Crippen molar-refractivity contribution in [3.63, 3.8) is 0 Å². The molecule has 0 radical (unpaired) electrons. The van der Waals surface area contributed by atoms with Crippen molar-refractivity contribution in [2.75, 3.05) is 18.0 Å². The van der Waals surface area contributed by atoms with E-state index in [1.807, 2.05) is 18.2 Å². The molecule has 2 aromatic carbocycles. The van der Waals surface area contributed by atoms with Crippen molar-refractivity contribution >= 4 is 27.6 Å². The Morgan fingerprint density at radius 1 is 1.16 bits per heavy atom. The van der Waals surface area contributed by atoms with Crippen molar-refractivity contribution in [3.8, 4) is 11.5 Å². The van der Waals surface area contributed by atoms with Crippen LogP contribution in [0.4, 0.5) is 5.69 Å². The molecule has 0 fully saturated rings. The van der Waals surface area contributed by atoms with Gasteiger partial charge in [-0.3, -0.25) is 5.10 Å². The van der Waals surface area contributed by atoms with Gasteiger partial charge in [-0.2, -0.15) is 5.10 Å². The quantitative estimate of drug-likeness (QED) is 0.578. The largest absolute Gasteiger partial charge is 0.371 e. The van der Waals surface area contributed by atoms with Gasteiger partial charge >= 0.3 is 0 Å². The zero-order valence-electron chi connectivity index (χ0n) is 14.7. The number of aromatic amines is 2. The molecule has 3 heterocycles. The highest BCUT2D eigenvalue weighted by molar-refractivity contribution is 5.94. The number of nitrogens with one attached hydrogen (secondary N) is 2. The number of fused-ring (bicyclic) bond motifs is 3. The Balaban J connectivity index is 1.71. The summed E-state index contributed by atoms with van der Waals surface area (Å²) in [4.78, 5) is 10.8. The summed E-state index contributed by atoms with van der Waals surface area (Å²) in [7, 11) is 0. The van der Waals surface area contributed by atoms with Crippen molar-refractivity contribution < 1.29 is 0 Å². The minimum atomic E-state index is 0.157. The predicted octanol–water partition coefficient (Wildman–Crippen LogP) is 4.22. The third-order valence-corrected chi connectivity index (χ3v) is 5.33. The number of aromatic nitrogens is 4. The Hall–Kier alpha value is -2.82. The maximum Gasteiger partial charge on any atom is 0.159 e. The van der Waals surface area contributed by atoms with Crippen LogP contribution in [-0.4, -0.2) is 33.3 Å². The van der Waals surface area contributed by atoms with E-state index < -0.39 is 0 Å². The van der Waals surface area contributed by atoms with Gasteiger partial charge in [0.05, 0.1) is 16.6 Å². The van der Waals surface area contributed by atoms with Crippen LogP contribution in [0.1, 0.15) is 26.3 Å². The van der Waals surface area contributed by atoms with E-state index in [-0.39, 0.29) is 5.41 Å². The number of anilines is 1. The number of H-pyrrole nitrogens is 2. The van der Waals surface area contributed by atoms with Crippen LogP contribution >= 0.6 is 0 Å². The lowest BCUT2D eigenvalue weighted by atomic mass is 9.87. The lowest BCUT2D eigenvalue weighted by Crippen LogP contribution is -2.28. The summed E-state index contributed by atoms with van der Waals surface area (Å²) in [6.45, 7) is 8.91. The van der Waals surface area contributed by atoms with Gasteiger partial charge in [-0.05, 0) is 30.7 Å². The van der Waals surface area contributed by atoms with Gasteiger partial charge < -0.3 is 9.88 Å². The number of imidazole rings is 1. The van der Waals surface area contributed by atoms with E-state index in [0.29, 0.717) is 0 Å². The van der Waals surface area contributed by atoms with Crippen LogP contribution in [0.15, 0.2) is 36.4 Å². The number of nitrogens with zero attached hydrogens (tertiary/aromatic N) is 3. The summed E-state index contributed by atoms with van der Waals surface area (Å²) < 4.78 is 0. The fraction of sp³-hybridized carbons (Fsp3) is 0.300. The Labute approximate surface area is 146 Å². The van der Waals surface area contributed by atoms with E-state index in [4.69, 9.17) is 4.98 Å².